The number of unbranched alkanes of at least 4 members (excludes halogenated alkanes) is 2. The van der Waals surface area contributed by atoms with E-state index in [-0.39, 0.29) is 76.9 Å². The Morgan fingerprint density at radius 2 is 1.82 bits per heavy atom. The first-order chi connectivity index (χ1) is 29.9. The first-order valence-electron chi connectivity index (χ1n) is 21.8. The van der Waals surface area contributed by atoms with Crippen LogP contribution in [0.15, 0.2) is 78.0 Å². The topological polar surface area (TPSA) is 187 Å². The zero-order valence-electron chi connectivity index (χ0n) is 35.3. The Balaban J connectivity index is 1.51. The fourth-order valence-electron chi connectivity index (χ4n) is 9.36. The monoisotopic (exact) mass is 849 g/mol. The van der Waals surface area contributed by atoms with Crippen molar-refractivity contribution in [1.82, 2.24) is 10.2 Å². The molecule has 1 saturated heterocycles. The van der Waals surface area contributed by atoms with Gasteiger partial charge in [-0.3, -0.25) is 4.90 Å². The van der Waals surface area contributed by atoms with E-state index in [2.05, 4.69) is 18.0 Å². The first kappa shape index (κ1) is 46.0. The third kappa shape index (κ3) is 11.3. The number of hydrogen-bond donors (Lipinski definition) is 4. The van der Waals surface area contributed by atoms with E-state index in [1.54, 1.807) is 23.1 Å². The zero-order valence-corrected chi connectivity index (χ0v) is 35.3. The molecule has 0 bridgehead atoms. The summed E-state index contributed by atoms with van der Waals surface area (Å²) in [6.07, 6.45) is 9.10. The van der Waals surface area contributed by atoms with Gasteiger partial charge >= 0.3 is 12.2 Å². The van der Waals surface area contributed by atoms with Crippen LogP contribution in [0.25, 0.3) is 0 Å². The predicted octanol–water partition coefficient (Wildman–Crippen LogP) is 6.21. The van der Waals surface area contributed by atoms with Crippen LogP contribution in [0.5, 0.6) is 11.5 Å². The summed E-state index contributed by atoms with van der Waals surface area (Å²) < 4.78 is 37.1. The van der Waals surface area contributed by atoms with Crippen LogP contribution in [0.2, 0.25) is 0 Å². The van der Waals surface area contributed by atoms with E-state index in [9.17, 15) is 24.9 Å². The summed E-state index contributed by atoms with van der Waals surface area (Å²) in [7, 11) is 1.32. The molecular weight excluding hydrogens is 787 g/mol. The Kier molecular flexibility index (Phi) is 17.4. The molecule has 1 unspecified atom stereocenters. The van der Waals surface area contributed by atoms with Crippen LogP contribution < -0.4 is 14.8 Å². The average molecular weight is 850 g/mol. The van der Waals surface area contributed by atoms with Crippen LogP contribution in [0.1, 0.15) is 81.3 Å². The molecule has 2 amide bonds. The van der Waals surface area contributed by atoms with Gasteiger partial charge in [0.2, 0.25) is 12.1 Å². The van der Waals surface area contributed by atoms with E-state index in [0.29, 0.717) is 43.1 Å². The number of hydrogen-bond acceptors (Lipinski definition) is 13. The number of amides is 2. The van der Waals surface area contributed by atoms with Crippen LogP contribution in [0.4, 0.5) is 9.59 Å². The maximum Gasteiger partial charge on any atom is 0.412 e. The molecule has 4 aliphatic rings. The zero-order chi connectivity index (χ0) is 43.0. The van der Waals surface area contributed by atoms with Crippen molar-refractivity contribution < 1.29 is 58.2 Å². The minimum atomic E-state index is -1.52. The molecule has 2 fully saturated rings. The van der Waals surface area contributed by atoms with Crippen LogP contribution in [0.3, 0.4) is 0 Å². The number of oxime groups is 1. The average Bonchev–Trinajstić information content (AvgIpc) is 3.29. The van der Waals surface area contributed by atoms with Gasteiger partial charge in [-0.05, 0) is 79.7 Å². The highest BCUT2D eigenvalue weighted by Crippen LogP contribution is 2.62. The molecular formula is C46H63N3O12. The van der Waals surface area contributed by atoms with Gasteiger partial charge in [0.25, 0.3) is 0 Å². The normalized spacial score (nSPS) is 25.9. The van der Waals surface area contributed by atoms with Crippen molar-refractivity contribution in [3.8, 4) is 11.5 Å². The van der Waals surface area contributed by atoms with Crippen molar-refractivity contribution in [2.45, 2.75) is 94.8 Å². The molecule has 15 heteroatoms. The Morgan fingerprint density at radius 1 is 1.02 bits per heavy atom. The van der Waals surface area contributed by atoms with Gasteiger partial charge in [0.05, 0.1) is 51.8 Å². The lowest BCUT2D eigenvalue weighted by Crippen LogP contribution is -2.70. The molecule has 7 atom stereocenters. The summed E-state index contributed by atoms with van der Waals surface area (Å²) in [5, 5.41) is 37.0. The molecule has 2 aromatic rings. The highest BCUT2D eigenvalue weighted by molar-refractivity contribution is 6.03. The highest BCUT2D eigenvalue weighted by atomic mass is 16.8. The number of aliphatic hydroxyl groups is 3. The highest BCUT2D eigenvalue weighted by Gasteiger charge is 2.65. The second kappa shape index (κ2) is 23.1. The largest absolute Gasteiger partial charge is 0.459 e. The molecule has 2 aliphatic heterocycles. The van der Waals surface area contributed by atoms with Gasteiger partial charge in [-0.1, -0.05) is 60.5 Å². The summed E-state index contributed by atoms with van der Waals surface area (Å²) in [4.78, 5) is 34.9. The van der Waals surface area contributed by atoms with E-state index in [1.165, 1.54) is 7.11 Å². The van der Waals surface area contributed by atoms with E-state index >= 15 is 0 Å². The van der Waals surface area contributed by atoms with Gasteiger partial charge < -0.3 is 53.9 Å². The number of methoxy groups -OCH3 is 1. The molecule has 4 N–H and O–H groups in total. The second-order valence-electron chi connectivity index (χ2n) is 15.9. The standard InChI is InChI=1S/C46H63N3O12/c1-3-24-58-46-40(49(45(54)55-2)20-26-56-27-23-52)30-38(48-61-41-17-9-12-25-57-41)36-28-33(15-7-10-21-50)35(16-8-11-22-51)42(43(36)46)37-29-34(18-19-39(37)60-46)59-44(53)47-31-32-13-5-4-6-14-32/h3-6,13-14,18-19,28-29,33,35,40-43,50-52H,1,7-12,15-17,20-27,30-31H2,2H3,(H,47,53)/t33-,35+,40-,41?,42+,43+,46+/m0/s1. The van der Waals surface area contributed by atoms with Gasteiger partial charge in [-0.2, -0.15) is 0 Å². The number of nitrogens with one attached hydrogen (secondary N) is 1. The number of aliphatic hydroxyl groups excluding tert-OH is 3. The third-order valence-electron chi connectivity index (χ3n) is 12.1. The minimum Gasteiger partial charge on any atom is -0.459 e. The predicted molar refractivity (Wildman–Crippen MR) is 226 cm³/mol. The molecule has 0 spiro atoms. The lowest BCUT2D eigenvalue weighted by Gasteiger charge is -2.59. The fourth-order valence-corrected chi connectivity index (χ4v) is 9.36. The summed E-state index contributed by atoms with van der Waals surface area (Å²) in [5.41, 5.74) is 3.19. The maximum absolute atomic E-state index is 14.0. The molecule has 334 valence electrons. The number of nitrogens with zero attached hydrogens (tertiary/aromatic N) is 2. The SMILES string of the molecule is C=CCO[C@@]12Oc3ccc(OC(=O)NCc4ccccc4)cc3[C@H]3[C@H](CCCCO)[C@@H](CCCCO)C=C(C(=NOC4CCCCO4)C[C@@H]1N(CCOCCO)C(=O)OC)[C@H]32. The van der Waals surface area contributed by atoms with E-state index < -0.39 is 36.2 Å². The van der Waals surface area contributed by atoms with Crippen LogP contribution in [-0.2, 0) is 30.3 Å². The number of fused-ring (bicyclic) bond motifs is 2. The smallest absolute Gasteiger partial charge is 0.412 e. The van der Waals surface area contributed by atoms with E-state index in [0.717, 1.165) is 55.2 Å². The lowest BCUT2D eigenvalue weighted by molar-refractivity contribution is -0.256. The number of rotatable bonds is 22. The molecule has 2 aromatic carbocycles. The van der Waals surface area contributed by atoms with Gasteiger partial charge in [0.15, 0.2) is 0 Å². The van der Waals surface area contributed by atoms with Gasteiger partial charge in [0.1, 0.15) is 17.5 Å². The van der Waals surface area contributed by atoms with Gasteiger partial charge in [0, 0.05) is 50.6 Å². The van der Waals surface area contributed by atoms with Crippen molar-refractivity contribution in [3.63, 3.8) is 0 Å². The molecule has 2 heterocycles. The molecule has 61 heavy (non-hydrogen) atoms. The Labute approximate surface area is 358 Å². The summed E-state index contributed by atoms with van der Waals surface area (Å²) >= 11 is 0. The van der Waals surface area contributed by atoms with Crippen molar-refractivity contribution in [2.75, 3.05) is 59.9 Å². The Morgan fingerprint density at radius 3 is 2.54 bits per heavy atom. The van der Waals surface area contributed by atoms with Crippen molar-refractivity contribution in [2.24, 2.45) is 22.9 Å². The Bertz CT molecular complexity index is 1790. The summed E-state index contributed by atoms with van der Waals surface area (Å²) in [6, 6.07) is 14.1. The van der Waals surface area contributed by atoms with Gasteiger partial charge in [-0.15, -0.1) is 6.58 Å². The fraction of sp³-hybridized carbons (Fsp3) is 0.587. The minimum absolute atomic E-state index is 0.000403. The summed E-state index contributed by atoms with van der Waals surface area (Å²) in [5.74, 6) is -1.67. The second-order valence-corrected chi connectivity index (χ2v) is 15.9. The van der Waals surface area contributed by atoms with Crippen molar-refractivity contribution in [1.29, 1.82) is 0 Å². The lowest BCUT2D eigenvalue weighted by atomic mass is 9.55. The molecule has 6 rings (SSSR count). The van der Waals surface area contributed by atoms with Crippen molar-refractivity contribution >= 4 is 17.9 Å². The number of carbonyl (C=O) groups is 2. The number of carbonyl (C=O) groups excluding carboxylic acids is 2. The van der Waals surface area contributed by atoms with Crippen LogP contribution in [-0.4, -0.2) is 116 Å². The quantitative estimate of drug-likeness (QED) is 0.0597. The number of ether oxygens (including phenoxy) is 6. The number of benzene rings is 2. The molecule has 0 aromatic heterocycles. The molecule has 1 saturated carbocycles. The van der Waals surface area contributed by atoms with Crippen molar-refractivity contribution in [3.05, 3.63) is 84.0 Å². The van der Waals surface area contributed by atoms with Crippen LogP contribution >= 0.6 is 0 Å². The number of allylic oxidation sites excluding steroid dienone is 1. The van der Waals surface area contributed by atoms with E-state index in [1.807, 2.05) is 36.4 Å². The van der Waals surface area contributed by atoms with Crippen LogP contribution in [0, 0.1) is 17.8 Å². The molecule has 2 aliphatic carbocycles. The summed E-state index contributed by atoms with van der Waals surface area (Å²) in [6.45, 7) is 5.11. The Hall–Kier alpha value is -4.51. The maximum atomic E-state index is 14.0. The molecule has 15 nitrogen and oxygen atoms in total. The van der Waals surface area contributed by atoms with E-state index in [4.69, 9.17) is 38.4 Å². The molecule has 0 radical (unpaired) electrons. The third-order valence-corrected chi connectivity index (χ3v) is 12.1. The first-order valence-corrected chi connectivity index (χ1v) is 21.8. The van der Waals surface area contributed by atoms with Gasteiger partial charge in [-0.25, -0.2) is 9.59 Å².